The molecule has 1 aliphatic rings. The second kappa shape index (κ2) is 5.28. The predicted molar refractivity (Wildman–Crippen MR) is 73.1 cm³/mol. The van der Waals surface area contributed by atoms with E-state index in [1.54, 1.807) is 13.8 Å². The zero-order valence-electron chi connectivity index (χ0n) is 10.6. The Hall–Kier alpha value is -1.43. The summed E-state index contributed by atoms with van der Waals surface area (Å²) in [5, 5.41) is 2.98. The molecule has 0 bridgehead atoms. The second-order valence-corrected chi connectivity index (χ2v) is 5.58. The second-order valence-electron chi connectivity index (χ2n) is 4.72. The summed E-state index contributed by atoms with van der Waals surface area (Å²) in [7, 11) is 0. The van der Waals surface area contributed by atoms with Gasteiger partial charge in [-0.3, -0.25) is 14.5 Å². The highest BCUT2D eigenvalue weighted by atomic mass is 79.9. The van der Waals surface area contributed by atoms with Gasteiger partial charge in [-0.15, -0.1) is 0 Å². The van der Waals surface area contributed by atoms with E-state index in [4.69, 9.17) is 0 Å². The van der Waals surface area contributed by atoms with Crippen LogP contribution in [0, 0.1) is 5.82 Å². The first-order valence-electron chi connectivity index (χ1n) is 5.97. The first kappa shape index (κ1) is 14.0. The van der Waals surface area contributed by atoms with Gasteiger partial charge in [-0.1, -0.05) is 0 Å². The van der Waals surface area contributed by atoms with Crippen molar-refractivity contribution in [1.82, 2.24) is 4.90 Å². The first-order valence-corrected chi connectivity index (χ1v) is 6.77. The first-order chi connectivity index (χ1) is 8.90. The molecular formula is C13H14BrFN2O2. The van der Waals surface area contributed by atoms with Crippen LogP contribution in [0.3, 0.4) is 0 Å². The third-order valence-electron chi connectivity index (χ3n) is 2.96. The fraction of sp³-hybridized carbons (Fsp3) is 0.385. The van der Waals surface area contributed by atoms with Gasteiger partial charge in [-0.25, -0.2) is 4.39 Å². The highest BCUT2D eigenvalue weighted by Gasteiger charge is 2.39. The number of halogens is 2. The lowest BCUT2D eigenvalue weighted by atomic mass is 10.2. The van der Waals surface area contributed by atoms with Crippen LogP contribution in [0.2, 0.25) is 0 Å². The van der Waals surface area contributed by atoms with Gasteiger partial charge in [0.1, 0.15) is 11.9 Å². The van der Waals surface area contributed by atoms with Crippen LogP contribution in [-0.2, 0) is 9.59 Å². The predicted octanol–water partition coefficient (Wildman–Crippen LogP) is 2.54. The highest BCUT2D eigenvalue weighted by molar-refractivity contribution is 9.10. The Labute approximate surface area is 119 Å². The molecule has 0 aliphatic carbocycles. The van der Waals surface area contributed by atoms with Gasteiger partial charge in [0.15, 0.2) is 0 Å². The lowest BCUT2D eigenvalue weighted by Crippen LogP contribution is -2.39. The van der Waals surface area contributed by atoms with Gasteiger partial charge < -0.3 is 5.32 Å². The molecule has 1 atom stereocenters. The highest BCUT2D eigenvalue weighted by Crippen LogP contribution is 2.26. The standard InChI is InChI=1S/C13H14BrFN2O2/c1-7(2)17-12(18)6-11(13(17)19)16-10-4-3-8(15)5-9(10)14/h3-5,7,11,16H,6H2,1-2H3. The molecule has 1 aliphatic heterocycles. The number of amides is 2. The maximum atomic E-state index is 13.0. The fourth-order valence-corrected chi connectivity index (χ4v) is 2.57. The SMILES string of the molecule is CC(C)N1C(=O)CC(Nc2ccc(F)cc2Br)C1=O. The van der Waals surface area contributed by atoms with Crippen LogP contribution in [0.25, 0.3) is 0 Å². The quantitative estimate of drug-likeness (QED) is 0.867. The van der Waals surface area contributed by atoms with Crippen LogP contribution < -0.4 is 5.32 Å². The van der Waals surface area contributed by atoms with Crippen molar-refractivity contribution in [3.05, 3.63) is 28.5 Å². The van der Waals surface area contributed by atoms with Crippen LogP contribution in [0.1, 0.15) is 20.3 Å². The van der Waals surface area contributed by atoms with Crippen LogP contribution in [0.4, 0.5) is 10.1 Å². The summed E-state index contributed by atoms with van der Waals surface area (Å²) >= 11 is 3.22. The normalized spacial score (nSPS) is 19.4. The summed E-state index contributed by atoms with van der Waals surface area (Å²) < 4.78 is 13.5. The molecule has 19 heavy (non-hydrogen) atoms. The molecule has 1 N–H and O–H groups in total. The number of likely N-dealkylation sites (tertiary alicyclic amines) is 1. The lowest BCUT2D eigenvalue weighted by molar-refractivity contribution is -0.140. The molecule has 1 heterocycles. The molecule has 6 heteroatoms. The van der Waals surface area contributed by atoms with Gasteiger partial charge >= 0.3 is 0 Å². The van der Waals surface area contributed by atoms with Gasteiger partial charge in [0, 0.05) is 16.2 Å². The molecular weight excluding hydrogens is 315 g/mol. The summed E-state index contributed by atoms with van der Waals surface area (Å²) in [4.78, 5) is 25.1. The van der Waals surface area contributed by atoms with E-state index in [1.807, 2.05) is 0 Å². The van der Waals surface area contributed by atoms with E-state index in [0.717, 1.165) is 0 Å². The maximum absolute atomic E-state index is 13.0. The maximum Gasteiger partial charge on any atom is 0.252 e. The lowest BCUT2D eigenvalue weighted by Gasteiger charge is -2.19. The summed E-state index contributed by atoms with van der Waals surface area (Å²) in [5.74, 6) is -0.790. The molecule has 0 saturated carbocycles. The average Bonchev–Trinajstić information content (AvgIpc) is 2.58. The number of hydrogen-bond donors (Lipinski definition) is 1. The third-order valence-corrected chi connectivity index (χ3v) is 3.62. The minimum absolute atomic E-state index is 0.126. The number of carbonyl (C=O) groups is 2. The van der Waals surface area contributed by atoms with Gasteiger partial charge in [0.2, 0.25) is 5.91 Å². The van der Waals surface area contributed by atoms with E-state index >= 15 is 0 Å². The van der Waals surface area contributed by atoms with Crippen molar-refractivity contribution >= 4 is 33.4 Å². The van der Waals surface area contributed by atoms with Crippen molar-refractivity contribution in [2.75, 3.05) is 5.32 Å². The van der Waals surface area contributed by atoms with Crippen LogP contribution >= 0.6 is 15.9 Å². The monoisotopic (exact) mass is 328 g/mol. The number of rotatable bonds is 3. The number of hydrogen-bond acceptors (Lipinski definition) is 3. The molecule has 1 fully saturated rings. The van der Waals surface area contributed by atoms with Gasteiger partial charge in [0.05, 0.1) is 6.42 Å². The summed E-state index contributed by atoms with van der Waals surface area (Å²) in [5.41, 5.74) is 0.596. The Morgan fingerprint density at radius 3 is 2.63 bits per heavy atom. The fourth-order valence-electron chi connectivity index (χ4n) is 2.10. The molecule has 0 spiro atoms. The van der Waals surface area contributed by atoms with Crippen molar-refractivity contribution in [2.45, 2.75) is 32.4 Å². The smallest absolute Gasteiger partial charge is 0.252 e. The van der Waals surface area contributed by atoms with Crippen molar-refractivity contribution < 1.29 is 14.0 Å². The van der Waals surface area contributed by atoms with Gasteiger partial charge in [-0.2, -0.15) is 0 Å². The minimum Gasteiger partial charge on any atom is -0.372 e. The van der Waals surface area contributed by atoms with Crippen LogP contribution in [0.5, 0.6) is 0 Å². The summed E-state index contributed by atoms with van der Waals surface area (Å²) in [6, 6.07) is 3.41. The topological polar surface area (TPSA) is 49.4 Å². The molecule has 1 aromatic carbocycles. The molecule has 4 nitrogen and oxygen atoms in total. The number of carbonyl (C=O) groups excluding carboxylic acids is 2. The Kier molecular flexibility index (Phi) is 3.89. The summed E-state index contributed by atoms with van der Waals surface area (Å²) in [6.07, 6.45) is 0.126. The molecule has 0 aromatic heterocycles. The largest absolute Gasteiger partial charge is 0.372 e. The van der Waals surface area contributed by atoms with Crippen molar-refractivity contribution in [3.8, 4) is 0 Å². The molecule has 1 saturated heterocycles. The van der Waals surface area contributed by atoms with Gasteiger partial charge in [-0.05, 0) is 48.0 Å². The Morgan fingerprint density at radius 2 is 2.11 bits per heavy atom. The number of benzene rings is 1. The van der Waals surface area contributed by atoms with E-state index in [-0.39, 0.29) is 30.1 Å². The Morgan fingerprint density at radius 1 is 1.42 bits per heavy atom. The van der Waals surface area contributed by atoms with Crippen LogP contribution in [-0.4, -0.2) is 28.8 Å². The zero-order valence-corrected chi connectivity index (χ0v) is 12.2. The molecule has 1 unspecified atom stereocenters. The van der Waals surface area contributed by atoms with Crippen molar-refractivity contribution in [1.29, 1.82) is 0 Å². The Balaban J connectivity index is 2.16. The number of imide groups is 1. The molecule has 2 amide bonds. The minimum atomic E-state index is -0.586. The third kappa shape index (κ3) is 2.78. The zero-order chi connectivity index (χ0) is 14.2. The number of nitrogens with zero attached hydrogens (tertiary/aromatic N) is 1. The number of nitrogens with one attached hydrogen (secondary N) is 1. The van der Waals surface area contributed by atoms with Crippen molar-refractivity contribution in [3.63, 3.8) is 0 Å². The van der Waals surface area contributed by atoms with E-state index < -0.39 is 6.04 Å². The van der Waals surface area contributed by atoms with Gasteiger partial charge in [0.25, 0.3) is 5.91 Å². The number of anilines is 1. The van der Waals surface area contributed by atoms with Crippen LogP contribution in [0.15, 0.2) is 22.7 Å². The molecule has 102 valence electrons. The molecule has 1 aromatic rings. The average molecular weight is 329 g/mol. The van der Waals surface area contributed by atoms with E-state index in [0.29, 0.717) is 10.2 Å². The van der Waals surface area contributed by atoms with E-state index in [1.165, 1.54) is 23.1 Å². The van der Waals surface area contributed by atoms with E-state index in [2.05, 4.69) is 21.2 Å². The molecule has 2 rings (SSSR count). The van der Waals surface area contributed by atoms with E-state index in [9.17, 15) is 14.0 Å². The summed E-state index contributed by atoms with van der Waals surface area (Å²) in [6.45, 7) is 3.60. The Bertz CT molecular complexity index is 533. The molecule has 0 radical (unpaired) electrons. The van der Waals surface area contributed by atoms with Crippen molar-refractivity contribution in [2.24, 2.45) is 0 Å².